The lowest BCUT2D eigenvalue weighted by atomic mass is 9.86. The van der Waals surface area contributed by atoms with E-state index in [-0.39, 0.29) is 6.04 Å². The maximum Gasteiger partial charge on any atom is 0.400 e. The molecular formula is C22H40NO3P. The Kier molecular flexibility index (Phi) is 10.8. The highest BCUT2D eigenvalue weighted by atomic mass is 31.2. The summed E-state index contributed by atoms with van der Waals surface area (Å²) in [5, 5.41) is 2.34. The third-order valence-electron chi connectivity index (χ3n) is 5.19. The summed E-state index contributed by atoms with van der Waals surface area (Å²) in [5.74, 6) is 1.14. The van der Waals surface area contributed by atoms with Gasteiger partial charge < -0.3 is 9.79 Å². The van der Waals surface area contributed by atoms with Crippen LogP contribution in [0.5, 0.6) is 0 Å². The predicted octanol–water partition coefficient (Wildman–Crippen LogP) is 6.28. The van der Waals surface area contributed by atoms with Crippen LogP contribution in [0.2, 0.25) is 0 Å². The van der Waals surface area contributed by atoms with Gasteiger partial charge in [0, 0.05) is 6.04 Å². The van der Waals surface area contributed by atoms with Crippen LogP contribution in [0, 0.1) is 0 Å². The lowest BCUT2D eigenvalue weighted by Gasteiger charge is -2.19. The molecule has 1 unspecified atom stereocenters. The average molecular weight is 398 g/mol. The van der Waals surface area contributed by atoms with Crippen LogP contribution in [0.1, 0.15) is 108 Å². The normalized spacial score (nSPS) is 13.5. The maximum atomic E-state index is 10.9. The van der Waals surface area contributed by atoms with Gasteiger partial charge in [-0.1, -0.05) is 78.0 Å². The zero-order chi connectivity index (χ0) is 20.4. The van der Waals surface area contributed by atoms with Gasteiger partial charge in [-0.2, -0.15) is 0 Å². The summed E-state index contributed by atoms with van der Waals surface area (Å²) in [4.78, 5) is 17.8. The topological polar surface area (TPSA) is 69.6 Å². The van der Waals surface area contributed by atoms with Crippen LogP contribution in [-0.2, 0) is 11.0 Å². The van der Waals surface area contributed by atoms with Crippen LogP contribution >= 0.6 is 7.75 Å². The van der Waals surface area contributed by atoms with Crippen LogP contribution in [0.4, 0.5) is 0 Å². The van der Waals surface area contributed by atoms with Gasteiger partial charge in [0.2, 0.25) is 0 Å². The molecule has 0 aliphatic heterocycles. The molecule has 0 radical (unpaired) electrons. The van der Waals surface area contributed by atoms with Crippen molar-refractivity contribution in [1.82, 2.24) is 5.09 Å². The zero-order valence-corrected chi connectivity index (χ0v) is 18.8. The van der Waals surface area contributed by atoms with E-state index in [1.54, 1.807) is 5.56 Å². The van der Waals surface area contributed by atoms with Crippen molar-refractivity contribution in [3.63, 3.8) is 0 Å². The van der Waals surface area contributed by atoms with Crippen molar-refractivity contribution < 1.29 is 14.4 Å². The van der Waals surface area contributed by atoms with E-state index in [9.17, 15) is 4.57 Å². The van der Waals surface area contributed by atoms with Gasteiger partial charge in [-0.3, -0.25) is 0 Å². The van der Waals surface area contributed by atoms with E-state index in [1.807, 2.05) is 6.92 Å². The summed E-state index contributed by atoms with van der Waals surface area (Å²) in [6, 6.07) is 6.65. The molecule has 0 fully saturated rings. The molecule has 0 heterocycles. The van der Waals surface area contributed by atoms with Crippen LogP contribution < -0.4 is 5.09 Å². The highest BCUT2D eigenvalue weighted by Crippen LogP contribution is 2.30. The quantitative estimate of drug-likeness (QED) is 0.271. The van der Waals surface area contributed by atoms with Crippen molar-refractivity contribution in [2.45, 2.75) is 104 Å². The smallest absolute Gasteiger partial charge is 0.313 e. The molecule has 5 heteroatoms. The largest absolute Gasteiger partial charge is 0.400 e. The Labute approximate surface area is 166 Å². The fraction of sp³-hybridized carbons (Fsp3) is 0.727. The molecule has 0 bridgehead atoms. The number of hydrogen-bond donors (Lipinski definition) is 3. The van der Waals surface area contributed by atoms with E-state index >= 15 is 0 Å². The first-order valence-corrected chi connectivity index (χ1v) is 12.2. The van der Waals surface area contributed by atoms with Gasteiger partial charge >= 0.3 is 7.75 Å². The van der Waals surface area contributed by atoms with Crippen molar-refractivity contribution in [3.05, 3.63) is 34.9 Å². The fourth-order valence-corrected chi connectivity index (χ4v) is 4.51. The molecule has 0 aromatic heterocycles. The van der Waals surface area contributed by atoms with Crippen LogP contribution in [0.25, 0.3) is 0 Å². The first-order chi connectivity index (χ1) is 12.6. The first-order valence-electron chi connectivity index (χ1n) is 10.6. The molecule has 1 atom stereocenters. The molecule has 0 spiro atoms. The Morgan fingerprint density at radius 3 is 1.81 bits per heavy atom. The third-order valence-corrected chi connectivity index (χ3v) is 5.97. The van der Waals surface area contributed by atoms with E-state index in [0.29, 0.717) is 11.8 Å². The number of benzene rings is 1. The van der Waals surface area contributed by atoms with E-state index < -0.39 is 7.75 Å². The summed E-state index contributed by atoms with van der Waals surface area (Å²) in [6.45, 7) is 11.0. The second kappa shape index (κ2) is 12.0. The number of unbranched alkanes of at least 4 members (excludes halogenated alkanes) is 5. The Hall–Kier alpha value is -0.670. The van der Waals surface area contributed by atoms with Gasteiger partial charge in [0.15, 0.2) is 0 Å². The molecule has 0 saturated carbocycles. The second-order valence-electron chi connectivity index (χ2n) is 8.46. The molecule has 4 nitrogen and oxygen atoms in total. The molecule has 0 saturated heterocycles. The van der Waals surface area contributed by atoms with Crippen molar-refractivity contribution in [2.24, 2.45) is 0 Å². The molecule has 27 heavy (non-hydrogen) atoms. The summed E-state index contributed by atoms with van der Waals surface area (Å²) in [7, 11) is -4.09. The third kappa shape index (κ3) is 9.89. The van der Waals surface area contributed by atoms with Gasteiger partial charge in [0.25, 0.3) is 0 Å². The molecule has 1 aromatic rings. The Bertz CT molecular complexity index is 569. The van der Waals surface area contributed by atoms with Crippen LogP contribution in [0.3, 0.4) is 0 Å². The summed E-state index contributed by atoms with van der Waals surface area (Å²) in [6.07, 6.45) is 9.05. The van der Waals surface area contributed by atoms with Crippen molar-refractivity contribution in [1.29, 1.82) is 0 Å². The SMILES string of the molecule is CC(CCCCCCCCc1c(C(C)C)cccc1C(C)C)NP(=O)(O)O. The lowest BCUT2D eigenvalue weighted by molar-refractivity contribution is 0.345. The van der Waals surface area contributed by atoms with Gasteiger partial charge in [0.05, 0.1) is 0 Å². The summed E-state index contributed by atoms with van der Waals surface area (Å²) >= 11 is 0. The van der Waals surface area contributed by atoms with Gasteiger partial charge in [-0.25, -0.2) is 9.65 Å². The van der Waals surface area contributed by atoms with E-state index in [4.69, 9.17) is 9.79 Å². The van der Waals surface area contributed by atoms with E-state index in [2.05, 4.69) is 51.0 Å². The zero-order valence-electron chi connectivity index (χ0n) is 17.9. The molecule has 0 aliphatic rings. The highest BCUT2D eigenvalue weighted by molar-refractivity contribution is 7.49. The Morgan fingerprint density at radius 1 is 0.852 bits per heavy atom. The molecule has 0 amide bonds. The number of nitrogens with one attached hydrogen (secondary N) is 1. The van der Waals surface area contributed by atoms with Crippen molar-refractivity contribution >= 4 is 7.75 Å². The maximum absolute atomic E-state index is 10.9. The van der Waals surface area contributed by atoms with Crippen LogP contribution in [0.15, 0.2) is 18.2 Å². The minimum absolute atomic E-state index is 0.132. The average Bonchev–Trinajstić information content (AvgIpc) is 2.55. The summed E-state index contributed by atoms with van der Waals surface area (Å²) in [5.41, 5.74) is 4.58. The minimum atomic E-state index is -4.09. The van der Waals surface area contributed by atoms with Crippen LogP contribution in [-0.4, -0.2) is 15.8 Å². The highest BCUT2D eigenvalue weighted by Gasteiger charge is 2.16. The van der Waals surface area contributed by atoms with Gasteiger partial charge in [-0.05, 0) is 54.7 Å². The Balaban J connectivity index is 2.30. The molecule has 3 N–H and O–H groups in total. The molecular weight excluding hydrogens is 357 g/mol. The van der Waals surface area contributed by atoms with E-state index in [0.717, 1.165) is 19.3 Å². The number of rotatable bonds is 13. The summed E-state index contributed by atoms with van der Waals surface area (Å²) < 4.78 is 10.9. The van der Waals surface area contributed by atoms with Crippen molar-refractivity contribution in [3.8, 4) is 0 Å². The predicted molar refractivity (Wildman–Crippen MR) is 115 cm³/mol. The van der Waals surface area contributed by atoms with Crippen molar-refractivity contribution in [2.75, 3.05) is 0 Å². The standard InChI is InChI=1S/C22H40NO3P/c1-17(2)20-15-12-16-21(18(3)4)22(20)14-11-9-7-6-8-10-13-19(5)23-27(24,25)26/h12,15-19H,6-11,13-14H2,1-5H3,(H3,23,24,25,26). The lowest BCUT2D eigenvalue weighted by Crippen LogP contribution is -2.22. The van der Waals surface area contributed by atoms with E-state index in [1.165, 1.54) is 43.2 Å². The monoisotopic (exact) mass is 397 g/mol. The molecule has 156 valence electrons. The molecule has 1 rings (SSSR count). The van der Waals surface area contributed by atoms with Gasteiger partial charge in [0.1, 0.15) is 0 Å². The Morgan fingerprint density at radius 2 is 1.33 bits per heavy atom. The second-order valence-corrected chi connectivity index (χ2v) is 9.80. The molecule has 1 aromatic carbocycles. The molecule has 0 aliphatic carbocycles. The fourth-order valence-electron chi connectivity index (χ4n) is 3.80. The first kappa shape index (κ1) is 24.4. The number of hydrogen-bond acceptors (Lipinski definition) is 1. The van der Waals surface area contributed by atoms with Gasteiger partial charge in [-0.15, -0.1) is 0 Å². The minimum Gasteiger partial charge on any atom is -0.313 e.